The number of carbonyl (C=O) groups is 2. The molecule has 122 valence electrons. The van der Waals surface area contributed by atoms with Crippen molar-refractivity contribution in [2.24, 2.45) is 0 Å². The summed E-state index contributed by atoms with van der Waals surface area (Å²) in [6.07, 6.45) is 3.62. The standard InChI is InChI=1S/C18H17N3O3/c1-21(16-4-2-3-13(8-16)5-6-18(23)24)17(22)9-14-7-15(10-19)12-20-11-14/h2-4,7-8,11-12H,5-6,9H2,1H3,(H,23,24). The molecule has 1 heterocycles. The molecule has 2 aromatic rings. The van der Waals surface area contributed by atoms with Crippen LogP contribution in [0.15, 0.2) is 42.7 Å². The van der Waals surface area contributed by atoms with Crippen LogP contribution in [-0.2, 0) is 22.4 Å². The summed E-state index contributed by atoms with van der Waals surface area (Å²) in [4.78, 5) is 28.5. The van der Waals surface area contributed by atoms with Crippen molar-refractivity contribution in [1.82, 2.24) is 4.98 Å². The number of aromatic nitrogens is 1. The molecule has 1 amide bonds. The summed E-state index contributed by atoms with van der Waals surface area (Å²) in [7, 11) is 1.67. The van der Waals surface area contributed by atoms with E-state index in [1.54, 1.807) is 31.4 Å². The average molecular weight is 323 g/mol. The first-order chi connectivity index (χ1) is 11.5. The Hall–Kier alpha value is -3.20. The second-order valence-corrected chi connectivity index (χ2v) is 5.39. The largest absolute Gasteiger partial charge is 0.481 e. The first kappa shape index (κ1) is 17.2. The molecule has 0 radical (unpaired) electrons. The minimum atomic E-state index is -0.852. The van der Waals surface area contributed by atoms with Crippen molar-refractivity contribution in [3.63, 3.8) is 0 Å². The molecule has 6 nitrogen and oxygen atoms in total. The van der Waals surface area contributed by atoms with Gasteiger partial charge in [0.2, 0.25) is 5.91 Å². The van der Waals surface area contributed by atoms with E-state index in [1.807, 2.05) is 18.2 Å². The highest BCUT2D eigenvalue weighted by atomic mass is 16.4. The lowest BCUT2D eigenvalue weighted by Crippen LogP contribution is -2.28. The number of nitriles is 1. The number of benzene rings is 1. The van der Waals surface area contributed by atoms with E-state index in [0.29, 0.717) is 23.2 Å². The zero-order valence-corrected chi connectivity index (χ0v) is 13.3. The van der Waals surface area contributed by atoms with Gasteiger partial charge in [0.15, 0.2) is 0 Å². The predicted molar refractivity (Wildman–Crippen MR) is 88.5 cm³/mol. The van der Waals surface area contributed by atoms with E-state index in [1.165, 1.54) is 11.1 Å². The van der Waals surface area contributed by atoms with Crippen molar-refractivity contribution in [3.8, 4) is 6.07 Å². The Labute approximate surface area is 140 Å². The number of hydrogen-bond acceptors (Lipinski definition) is 4. The smallest absolute Gasteiger partial charge is 0.303 e. The number of hydrogen-bond donors (Lipinski definition) is 1. The maximum atomic E-state index is 12.4. The number of carboxylic acid groups (broad SMARTS) is 1. The van der Waals surface area contributed by atoms with E-state index in [9.17, 15) is 9.59 Å². The zero-order chi connectivity index (χ0) is 17.5. The molecule has 24 heavy (non-hydrogen) atoms. The van der Waals surface area contributed by atoms with Crippen molar-refractivity contribution >= 4 is 17.6 Å². The third-order valence-corrected chi connectivity index (χ3v) is 3.58. The Morgan fingerprint density at radius 2 is 2.04 bits per heavy atom. The van der Waals surface area contributed by atoms with Crippen LogP contribution in [0, 0.1) is 11.3 Å². The molecule has 2 rings (SSSR count). The highest BCUT2D eigenvalue weighted by molar-refractivity contribution is 5.94. The van der Waals surface area contributed by atoms with Gasteiger partial charge in [-0.3, -0.25) is 14.6 Å². The van der Waals surface area contributed by atoms with Crippen molar-refractivity contribution in [3.05, 3.63) is 59.4 Å². The molecule has 0 aliphatic carbocycles. The van der Waals surface area contributed by atoms with Crippen LogP contribution >= 0.6 is 0 Å². The fraction of sp³-hybridized carbons (Fsp3) is 0.222. The molecule has 0 unspecified atom stereocenters. The van der Waals surface area contributed by atoms with Crippen LogP contribution in [-0.4, -0.2) is 29.0 Å². The van der Waals surface area contributed by atoms with E-state index in [4.69, 9.17) is 10.4 Å². The molecule has 0 atom stereocenters. The number of likely N-dealkylation sites (N-methyl/N-ethyl adjacent to an activating group) is 1. The Bertz CT molecular complexity index is 796. The highest BCUT2D eigenvalue weighted by Crippen LogP contribution is 2.17. The molecule has 0 saturated carbocycles. The number of aryl methyl sites for hydroxylation is 1. The van der Waals surface area contributed by atoms with E-state index in [-0.39, 0.29) is 18.7 Å². The van der Waals surface area contributed by atoms with E-state index in [2.05, 4.69) is 4.98 Å². The van der Waals surface area contributed by atoms with Crippen LogP contribution < -0.4 is 4.90 Å². The Morgan fingerprint density at radius 1 is 1.25 bits per heavy atom. The molecule has 0 saturated heterocycles. The summed E-state index contributed by atoms with van der Waals surface area (Å²) < 4.78 is 0. The number of carbonyl (C=O) groups excluding carboxylic acids is 1. The third-order valence-electron chi connectivity index (χ3n) is 3.58. The molecule has 0 spiro atoms. The number of pyridine rings is 1. The second-order valence-electron chi connectivity index (χ2n) is 5.39. The van der Waals surface area contributed by atoms with Gasteiger partial charge in [-0.05, 0) is 35.7 Å². The number of amides is 1. The van der Waals surface area contributed by atoms with Gasteiger partial charge in [0.1, 0.15) is 6.07 Å². The van der Waals surface area contributed by atoms with E-state index in [0.717, 1.165) is 5.56 Å². The van der Waals surface area contributed by atoms with Crippen LogP contribution in [0.4, 0.5) is 5.69 Å². The van der Waals surface area contributed by atoms with Crippen LogP contribution in [0.1, 0.15) is 23.1 Å². The fourth-order valence-corrected chi connectivity index (χ4v) is 2.25. The van der Waals surface area contributed by atoms with Crippen molar-refractivity contribution in [1.29, 1.82) is 5.26 Å². The molecule has 1 N–H and O–H groups in total. The van der Waals surface area contributed by atoms with Gasteiger partial charge in [-0.1, -0.05) is 12.1 Å². The monoisotopic (exact) mass is 323 g/mol. The summed E-state index contributed by atoms with van der Waals surface area (Å²) >= 11 is 0. The topological polar surface area (TPSA) is 94.3 Å². The Balaban J connectivity index is 2.08. The van der Waals surface area contributed by atoms with E-state index < -0.39 is 5.97 Å². The first-order valence-corrected chi connectivity index (χ1v) is 7.41. The number of rotatable bonds is 6. The maximum absolute atomic E-state index is 12.4. The predicted octanol–water partition coefficient (Wildman–Crippen LogP) is 2.18. The Morgan fingerprint density at radius 3 is 2.75 bits per heavy atom. The van der Waals surface area contributed by atoms with Gasteiger partial charge in [0.05, 0.1) is 12.0 Å². The Kier molecular flexibility index (Phi) is 5.63. The van der Waals surface area contributed by atoms with Gasteiger partial charge in [-0.15, -0.1) is 0 Å². The average Bonchev–Trinajstić information content (AvgIpc) is 2.59. The van der Waals surface area contributed by atoms with Gasteiger partial charge < -0.3 is 10.0 Å². The molecule has 0 aliphatic heterocycles. The normalized spacial score (nSPS) is 10.0. The summed E-state index contributed by atoms with van der Waals surface area (Å²) in [5.74, 6) is -0.989. The SMILES string of the molecule is CN(C(=O)Cc1cncc(C#N)c1)c1cccc(CCC(=O)O)c1. The fourth-order valence-electron chi connectivity index (χ4n) is 2.25. The highest BCUT2D eigenvalue weighted by Gasteiger charge is 2.13. The minimum Gasteiger partial charge on any atom is -0.481 e. The summed E-state index contributed by atoms with van der Waals surface area (Å²) in [6.45, 7) is 0. The molecule has 0 bridgehead atoms. The summed E-state index contributed by atoms with van der Waals surface area (Å²) in [5, 5.41) is 17.6. The molecule has 6 heteroatoms. The molecular weight excluding hydrogens is 306 g/mol. The van der Waals surface area contributed by atoms with Gasteiger partial charge in [0, 0.05) is 31.5 Å². The van der Waals surface area contributed by atoms with Crippen LogP contribution in [0.3, 0.4) is 0 Å². The van der Waals surface area contributed by atoms with Crippen molar-refractivity contribution < 1.29 is 14.7 Å². The third kappa shape index (κ3) is 4.65. The summed E-state index contributed by atoms with van der Waals surface area (Å²) in [5.41, 5.74) is 2.65. The quantitative estimate of drug-likeness (QED) is 0.879. The number of carboxylic acids is 1. The molecule has 1 aromatic heterocycles. The molecule has 0 aliphatic rings. The van der Waals surface area contributed by atoms with Crippen LogP contribution in [0.5, 0.6) is 0 Å². The van der Waals surface area contributed by atoms with Gasteiger partial charge in [-0.2, -0.15) is 5.26 Å². The number of anilines is 1. The first-order valence-electron chi connectivity index (χ1n) is 7.41. The maximum Gasteiger partial charge on any atom is 0.303 e. The lowest BCUT2D eigenvalue weighted by molar-refractivity contribution is -0.137. The number of nitrogens with zero attached hydrogens (tertiary/aromatic N) is 3. The summed E-state index contributed by atoms with van der Waals surface area (Å²) in [6, 6.07) is 10.9. The van der Waals surface area contributed by atoms with E-state index >= 15 is 0 Å². The lowest BCUT2D eigenvalue weighted by atomic mass is 10.1. The number of aliphatic carboxylic acids is 1. The van der Waals surface area contributed by atoms with Crippen LogP contribution in [0.2, 0.25) is 0 Å². The van der Waals surface area contributed by atoms with Crippen LogP contribution in [0.25, 0.3) is 0 Å². The second kappa shape index (κ2) is 7.88. The van der Waals surface area contributed by atoms with Crippen molar-refractivity contribution in [2.45, 2.75) is 19.3 Å². The molecule has 1 aromatic carbocycles. The van der Waals surface area contributed by atoms with Gasteiger partial charge in [0.25, 0.3) is 0 Å². The lowest BCUT2D eigenvalue weighted by Gasteiger charge is -2.18. The van der Waals surface area contributed by atoms with Gasteiger partial charge in [-0.25, -0.2) is 0 Å². The minimum absolute atomic E-state index is 0.0493. The zero-order valence-electron chi connectivity index (χ0n) is 13.3. The van der Waals surface area contributed by atoms with Gasteiger partial charge >= 0.3 is 5.97 Å². The van der Waals surface area contributed by atoms with Crippen molar-refractivity contribution in [2.75, 3.05) is 11.9 Å². The molecular formula is C18H17N3O3. The molecule has 0 fully saturated rings.